The Hall–Kier alpha value is -1.16. The molecule has 0 saturated heterocycles. The Kier molecular flexibility index (Phi) is 7.54. The van der Waals surface area contributed by atoms with E-state index >= 15 is 0 Å². The van der Waals surface area contributed by atoms with Crippen LogP contribution in [0.1, 0.15) is 13.8 Å². The number of nitrogens with one attached hydrogen (secondary N) is 1. The Morgan fingerprint density at radius 3 is 2.67 bits per heavy atom. The fraction of sp³-hybridized carbons (Fsp3) is 0.636. The van der Waals surface area contributed by atoms with Crippen LogP contribution in [0.15, 0.2) is 12.2 Å². The van der Waals surface area contributed by atoms with E-state index in [1.165, 1.54) is 12.2 Å². The summed E-state index contributed by atoms with van der Waals surface area (Å²) >= 11 is 0. The molecule has 0 unspecified atom stereocenters. The molecule has 0 aliphatic rings. The summed E-state index contributed by atoms with van der Waals surface area (Å²) in [6.45, 7) is 6.64. The molecule has 0 bridgehead atoms. The summed E-state index contributed by atoms with van der Waals surface area (Å²) in [5.74, 6) is 0.467. The Bertz CT molecular complexity index is 225. The summed E-state index contributed by atoms with van der Waals surface area (Å²) in [5.41, 5.74) is 0. The van der Waals surface area contributed by atoms with Gasteiger partial charge in [-0.25, -0.2) is 0 Å². The minimum atomic E-state index is -0.145. The van der Waals surface area contributed by atoms with Crippen molar-refractivity contribution >= 4 is 12.2 Å². The minimum Gasteiger partial charge on any atom is -0.341 e. The molecule has 1 N–H and O–H groups in total. The van der Waals surface area contributed by atoms with E-state index in [9.17, 15) is 9.59 Å². The van der Waals surface area contributed by atoms with Gasteiger partial charge in [-0.1, -0.05) is 13.8 Å². The van der Waals surface area contributed by atoms with Crippen LogP contribution >= 0.6 is 0 Å². The van der Waals surface area contributed by atoms with Crippen LogP contribution in [0.4, 0.5) is 0 Å². The summed E-state index contributed by atoms with van der Waals surface area (Å²) in [4.78, 5) is 22.9. The molecule has 4 nitrogen and oxygen atoms in total. The predicted molar refractivity (Wildman–Crippen MR) is 60.5 cm³/mol. The van der Waals surface area contributed by atoms with E-state index in [0.29, 0.717) is 18.7 Å². The average molecular weight is 212 g/mol. The molecule has 0 aliphatic carbocycles. The lowest BCUT2D eigenvalue weighted by atomic mass is 10.2. The monoisotopic (exact) mass is 212 g/mol. The molecule has 0 rings (SSSR count). The first-order valence-corrected chi connectivity index (χ1v) is 5.15. The number of amides is 1. The van der Waals surface area contributed by atoms with Crippen LogP contribution < -0.4 is 5.32 Å². The van der Waals surface area contributed by atoms with Gasteiger partial charge in [0.1, 0.15) is 6.29 Å². The zero-order valence-corrected chi connectivity index (χ0v) is 9.69. The van der Waals surface area contributed by atoms with Crippen LogP contribution in [0.5, 0.6) is 0 Å². The fourth-order valence-corrected chi connectivity index (χ4v) is 0.997. The zero-order valence-electron chi connectivity index (χ0n) is 9.69. The summed E-state index contributed by atoms with van der Waals surface area (Å²) in [6, 6.07) is 0. The van der Waals surface area contributed by atoms with Crippen molar-refractivity contribution in [1.29, 1.82) is 0 Å². The summed E-state index contributed by atoms with van der Waals surface area (Å²) in [7, 11) is 1.72. The summed E-state index contributed by atoms with van der Waals surface area (Å²) in [6.07, 6.45) is 3.08. The SMILES string of the molecule is CC(C)CNCCN(C)C(=O)/C=C\C=O. The molecule has 0 saturated carbocycles. The number of allylic oxidation sites excluding steroid dienone is 1. The van der Waals surface area contributed by atoms with Crippen molar-refractivity contribution in [2.75, 3.05) is 26.7 Å². The van der Waals surface area contributed by atoms with E-state index < -0.39 is 0 Å². The van der Waals surface area contributed by atoms with Crippen LogP contribution in [0.25, 0.3) is 0 Å². The lowest BCUT2D eigenvalue weighted by molar-refractivity contribution is -0.124. The topological polar surface area (TPSA) is 49.4 Å². The molecule has 0 fully saturated rings. The average Bonchev–Trinajstić information content (AvgIpc) is 2.20. The van der Waals surface area contributed by atoms with Crippen molar-refractivity contribution < 1.29 is 9.59 Å². The van der Waals surface area contributed by atoms with Gasteiger partial charge in [-0.15, -0.1) is 0 Å². The smallest absolute Gasteiger partial charge is 0.246 e. The predicted octanol–water partition coefficient (Wildman–Crippen LogP) is 0.445. The highest BCUT2D eigenvalue weighted by molar-refractivity contribution is 5.90. The normalized spacial score (nSPS) is 10.9. The lowest BCUT2D eigenvalue weighted by Crippen LogP contribution is -2.34. The van der Waals surface area contributed by atoms with Crippen molar-refractivity contribution in [2.24, 2.45) is 5.92 Å². The molecule has 1 amide bonds. The van der Waals surface area contributed by atoms with Gasteiger partial charge in [0.2, 0.25) is 5.91 Å². The molecule has 0 spiro atoms. The van der Waals surface area contributed by atoms with Gasteiger partial charge in [-0.05, 0) is 18.5 Å². The highest BCUT2D eigenvalue weighted by Crippen LogP contribution is 1.88. The fourth-order valence-electron chi connectivity index (χ4n) is 0.997. The van der Waals surface area contributed by atoms with Crippen LogP contribution in [-0.4, -0.2) is 43.8 Å². The van der Waals surface area contributed by atoms with Crippen molar-refractivity contribution in [3.8, 4) is 0 Å². The van der Waals surface area contributed by atoms with Crippen molar-refractivity contribution in [2.45, 2.75) is 13.8 Å². The Morgan fingerprint density at radius 1 is 1.47 bits per heavy atom. The Morgan fingerprint density at radius 2 is 2.13 bits per heavy atom. The third-order valence-electron chi connectivity index (χ3n) is 1.87. The number of rotatable bonds is 7. The van der Waals surface area contributed by atoms with Crippen LogP contribution in [-0.2, 0) is 9.59 Å². The van der Waals surface area contributed by atoms with Gasteiger partial charge in [0.25, 0.3) is 0 Å². The van der Waals surface area contributed by atoms with E-state index in [-0.39, 0.29) is 5.91 Å². The summed E-state index contributed by atoms with van der Waals surface area (Å²) < 4.78 is 0. The minimum absolute atomic E-state index is 0.145. The molecule has 0 aromatic rings. The number of nitrogens with zero attached hydrogens (tertiary/aromatic N) is 1. The number of carbonyl (C=O) groups excluding carboxylic acids is 2. The van der Waals surface area contributed by atoms with Crippen molar-refractivity contribution in [1.82, 2.24) is 10.2 Å². The molecule has 0 aromatic carbocycles. The molecule has 15 heavy (non-hydrogen) atoms. The lowest BCUT2D eigenvalue weighted by Gasteiger charge is -2.15. The third kappa shape index (κ3) is 7.88. The third-order valence-corrected chi connectivity index (χ3v) is 1.87. The van der Waals surface area contributed by atoms with Crippen molar-refractivity contribution in [3.05, 3.63) is 12.2 Å². The molecule has 0 radical (unpaired) electrons. The highest BCUT2D eigenvalue weighted by atomic mass is 16.2. The van der Waals surface area contributed by atoms with Gasteiger partial charge < -0.3 is 10.2 Å². The van der Waals surface area contributed by atoms with E-state index in [2.05, 4.69) is 19.2 Å². The standard InChI is InChI=1S/C11H20N2O2/c1-10(2)9-12-6-7-13(3)11(15)5-4-8-14/h4-5,8,10,12H,6-7,9H2,1-3H3/b5-4-. The van der Waals surface area contributed by atoms with E-state index in [1.807, 2.05) is 0 Å². The number of aldehydes is 1. The van der Waals surface area contributed by atoms with Gasteiger partial charge >= 0.3 is 0 Å². The van der Waals surface area contributed by atoms with Crippen LogP contribution in [0.2, 0.25) is 0 Å². The van der Waals surface area contributed by atoms with Crippen molar-refractivity contribution in [3.63, 3.8) is 0 Å². The number of hydrogen-bond donors (Lipinski definition) is 1. The number of hydrogen-bond acceptors (Lipinski definition) is 3. The Labute approximate surface area is 91.3 Å². The maximum absolute atomic E-state index is 11.3. The second-order valence-corrected chi connectivity index (χ2v) is 3.85. The molecule has 4 heteroatoms. The van der Waals surface area contributed by atoms with E-state index in [1.54, 1.807) is 11.9 Å². The number of carbonyl (C=O) groups is 2. The maximum atomic E-state index is 11.3. The quantitative estimate of drug-likeness (QED) is 0.378. The van der Waals surface area contributed by atoms with Gasteiger partial charge in [-0.2, -0.15) is 0 Å². The molecule has 0 aromatic heterocycles. The van der Waals surface area contributed by atoms with E-state index in [4.69, 9.17) is 0 Å². The van der Waals surface area contributed by atoms with Crippen LogP contribution in [0, 0.1) is 5.92 Å². The van der Waals surface area contributed by atoms with Gasteiger partial charge in [0.05, 0.1) is 0 Å². The first-order valence-electron chi connectivity index (χ1n) is 5.15. The van der Waals surface area contributed by atoms with Gasteiger partial charge in [0, 0.05) is 26.2 Å². The molecule has 86 valence electrons. The largest absolute Gasteiger partial charge is 0.341 e. The van der Waals surface area contributed by atoms with E-state index in [0.717, 1.165) is 13.1 Å². The summed E-state index contributed by atoms with van der Waals surface area (Å²) in [5, 5.41) is 3.24. The second-order valence-electron chi connectivity index (χ2n) is 3.85. The second kappa shape index (κ2) is 8.17. The zero-order chi connectivity index (χ0) is 11.7. The Balaban J connectivity index is 3.64. The highest BCUT2D eigenvalue weighted by Gasteiger charge is 2.03. The molecular formula is C11H20N2O2. The molecular weight excluding hydrogens is 192 g/mol. The molecule has 0 atom stereocenters. The van der Waals surface area contributed by atoms with Crippen LogP contribution in [0.3, 0.4) is 0 Å². The molecule has 0 heterocycles. The van der Waals surface area contributed by atoms with Gasteiger partial charge in [0.15, 0.2) is 0 Å². The first-order chi connectivity index (χ1) is 7.07. The maximum Gasteiger partial charge on any atom is 0.246 e. The first kappa shape index (κ1) is 13.8. The molecule has 0 aliphatic heterocycles. The number of likely N-dealkylation sites (N-methyl/N-ethyl adjacent to an activating group) is 1. The van der Waals surface area contributed by atoms with Gasteiger partial charge in [-0.3, -0.25) is 9.59 Å².